The second-order valence-corrected chi connectivity index (χ2v) is 8.06. The van der Waals surface area contributed by atoms with Crippen molar-refractivity contribution in [3.63, 3.8) is 0 Å². The standard InChI is InChI=1S/C19H24O3/c1-18-8-7-12(20)9-11(18)3-4-13-14-5-6-16(22)19(14,2)10-15(21)17(13)18/h3-4,7-9,13-17,21-22H,5-6,10H2,1-2H3/t13-,14-,15?,16?,17+,18-,19-/m0/s1. The van der Waals surface area contributed by atoms with Gasteiger partial charge in [-0.3, -0.25) is 4.79 Å². The molecule has 0 aromatic carbocycles. The average Bonchev–Trinajstić information content (AvgIpc) is 2.75. The minimum absolute atomic E-state index is 0.0296. The van der Waals surface area contributed by atoms with Crippen LogP contribution in [0, 0.1) is 28.6 Å². The molecule has 0 aromatic heterocycles. The smallest absolute Gasteiger partial charge is 0.178 e. The van der Waals surface area contributed by atoms with E-state index in [1.165, 1.54) is 0 Å². The molecule has 0 heterocycles. The van der Waals surface area contributed by atoms with E-state index < -0.39 is 6.10 Å². The molecule has 7 atom stereocenters. The van der Waals surface area contributed by atoms with E-state index in [0.717, 1.165) is 18.4 Å². The minimum Gasteiger partial charge on any atom is -0.393 e. The second kappa shape index (κ2) is 4.42. The normalized spacial score (nSPS) is 52.8. The van der Waals surface area contributed by atoms with Gasteiger partial charge < -0.3 is 10.2 Å². The molecule has 4 rings (SSSR count). The first-order valence-corrected chi connectivity index (χ1v) is 8.36. The first-order valence-electron chi connectivity index (χ1n) is 8.36. The Morgan fingerprint density at radius 3 is 2.73 bits per heavy atom. The summed E-state index contributed by atoms with van der Waals surface area (Å²) in [4.78, 5) is 11.7. The molecule has 0 spiro atoms. The van der Waals surface area contributed by atoms with Crippen LogP contribution in [0.4, 0.5) is 0 Å². The maximum Gasteiger partial charge on any atom is 0.178 e. The maximum atomic E-state index is 11.7. The molecule has 0 aromatic rings. The summed E-state index contributed by atoms with van der Waals surface area (Å²) in [5.41, 5.74) is 0.556. The monoisotopic (exact) mass is 300 g/mol. The molecule has 22 heavy (non-hydrogen) atoms. The van der Waals surface area contributed by atoms with Crippen molar-refractivity contribution < 1.29 is 15.0 Å². The van der Waals surface area contributed by atoms with E-state index in [1.54, 1.807) is 12.2 Å². The van der Waals surface area contributed by atoms with E-state index in [4.69, 9.17) is 0 Å². The molecule has 2 unspecified atom stereocenters. The Labute approximate surface area is 131 Å². The highest BCUT2D eigenvalue weighted by Gasteiger charge is 2.60. The number of ketones is 1. The van der Waals surface area contributed by atoms with E-state index in [-0.39, 0.29) is 34.6 Å². The molecule has 3 nitrogen and oxygen atoms in total. The van der Waals surface area contributed by atoms with E-state index in [2.05, 4.69) is 26.0 Å². The predicted octanol–water partition coefficient (Wildman–Crippen LogP) is 2.40. The van der Waals surface area contributed by atoms with Crippen LogP contribution in [0.5, 0.6) is 0 Å². The molecule has 4 aliphatic rings. The third kappa shape index (κ3) is 1.67. The van der Waals surface area contributed by atoms with Crippen molar-refractivity contribution in [1.29, 1.82) is 0 Å². The van der Waals surface area contributed by atoms with Gasteiger partial charge in [-0.15, -0.1) is 0 Å². The molecule has 0 aliphatic heterocycles. The Balaban J connectivity index is 1.81. The first-order chi connectivity index (χ1) is 10.4. The summed E-state index contributed by atoms with van der Waals surface area (Å²) in [6.07, 6.45) is 11.3. The molecular formula is C19H24O3. The van der Waals surface area contributed by atoms with Gasteiger partial charge in [-0.25, -0.2) is 0 Å². The number of carbonyl (C=O) groups is 1. The molecule has 0 radical (unpaired) electrons. The van der Waals surface area contributed by atoms with Crippen LogP contribution in [0.2, 0.25) is 0 Å². The van der Waals surface area contributed by atoms with Crippen LogP contribution in [0.25, 0.3) is 0 Å². The Morgan fingerprint density at radius 2 is 1.95 bits per heavy atom. The lowest BCUT2D eigenvalue weighted by Crippen LogP contribution is -2.55. The van der Waals surface area contributed by atoms with Crippen LogP contribution in [0.15, 0.2) is 36.0 Å². The molecule has 0 amide bonds. The fraction of sp³-hybridized carbons (Fsp3) is 0.632. The summed E-state index contributed by atoms with van der Waals surface area (Å²) < 4.78 is 0. The van der Waals surface area contributed by atoms with Gasteiger partial charge >= 0.3 is 0 Å². The Hall–Kier alpha value is -1.19. The van der Waals surface area contributed by atoms with Gasteiger partial charge in [0.05, 0.1) is 12.2 Å². The lowest BCUT2D eigenvalue weighted by molar-refractivity contribution is -0.113. The van der Waals surface area contributed by atoms with Gasteiger partial charge in [-0.05, 0) is 54.2 Å². The van der Waals surface area contributed by atoms with Crippen molar-refractivity contribution in [2.24, 2.45) is 28.6 Å². The summed E-state index contributed by atoms with van der Waals surface area (Å²) >= 11 is 0. The molecule has 3 heteroatoms. The molecule has 118 valence electrons. The third-order valence-corrected chi connectivity index (χ3v) is 7.01. The zero-order valence-corrected chi connectivity index (χ0v) is 13.2. The number of rotatable bonds is 0. The number of carbonyl (C=O) groups excluding carboxylic acids is 1. The molecule has 4 aliphatic carbocycles. The molecule has 0 bridgehead atoms. The lowest BCUT2D eigenvalue weighted by Gasteiger charge is -2.56. The van der Waals surface area contributed by atoms with Crippen molar-refractivity contribution in [3.05, 3.63) is 36.0 Å². The fourth-order valence-corrected chi connectivity index (χ4v) is 5.76. The number of aliphatic hydroxyl groups excluding tert-OH is 2. The third-order valence-electron chi connectivity index (χ3n) is 7.01. The van der Waals surface area contributed by atoms with Gasteiger partial charge in [-0.1, -0.05) is 32.1 Å². The van der Waals surface area contributed by atoms with Gasteiger partial charge in [0.25, 0.3) is 0 Å². The number of hydrogen-bond acceptors (Lipinski definition) is 3. The number of hydrogen-bond donors (Lipinski definition) is 2. The van der Waals surface area contributed by atoms with Crippen molar-refractivity contribution in [2.75, 3.05) is 0 Å². The molecule has 2 fully saturated rings. The minimum atomic E-state index is -0.449. The van der Waals surface area contributed by atoms with E-state index in [1.807, 2.05) is 6.08 Å². The van der Waals surface area contributed by atoms with Gasteiger partial charge in [0.15, 0.2) is 5.78 Å². The molecule has 2 N–H and O–H groups in total. The topological polar surface area (TPSA) is 57.5 Å². The largest absolute Gasteiger partial charge is 0.393 e. The van der Waals surface area contributed by atoms with Crippen molar-refractivity contribution >= 4 is 5.78 Å². The van der Waals surface area contributed by atoms with E-state index in [9.17, 15) is 15.0 Å². The predicted molar refractivity (Wildman–Crippen MR) is 83.9 cm³/mol. The summed E-state index contributed by atoms with van der Waals surface area (Å²) in [5.74, 6) is 0.806. The van der Waals surface area contributed by atoms with Crippen molar-refractivity contribution in [2.45, 2.75) is 45.3 Å². The summed E-state index contributed by atoms with van der Waals surface area (Å²) in [6, 6.07) is 0. The zero-order valence-electron chi connectivity index (χ0n) is 13.2. The quantitative estimate of drug-likeness (QED) is 0.722. The molecular weight excluding hydrogens is 276 g/mol. The Morgan fingerprint density at radius 1 is 1.18 bits per heavy atom. The lowest BCUT2D eigenvalue weighted by atomic mass is 9.49. The Bertz CT molecular complexity index is 616. The van der Waals surface area contributed by atoms with Crippen LogP contribution < -0.4 is 0 Å². The van der Waals surface area contributed by atoms with Crippen LogP contribution >= 0.6 is 0 Å². The van der Waals surface area contributed by atoms with E-state index in [0.29, 0.717) is 12.3 Å². The van der Waals surface area contributed by atoms with Crippen LogP contribution in [0.3, 0.4) is 0 Å². The van der Waals surface area contributed by atoms with Crippen LogP contribution in [-0.4, -0.2) is 28.2 Å². The van der Waals surface area contributed by atoms with Gasteiger partial charge in [0, 0.05) is 11.3 Å². The van der Waals surface area contributed by atoms with Gasteiger partial charge in [0.1, 0.15) is 0 Å². The number of allylic oxidation sites excluding steroid dienone is 6. The summed E-state index contributed by atoms with van der Waals surface area (Å²) in [6.45, 7) is 4.27. The van der Waals surface area contributed by atoms with Gasteiger partial charge in [0.2, 0.25) is 0 Å². The average molecular weight is 300 g/mol. The van der Waals surface area contributed by atoms with Crippen LogP contribution in [0.1, 0.15) is 33.1 Å². The van der Waals surface area contributed by atoms with Crippen molar-refractivity contribution in [3.8, 4) is 0 Å². The molecule has 0 saturated heterocycles. The van der Waals surface area contributed by atoms with E-state index >= 15 is 0 Å². The van der Waals surface area contributed by atoms with Gasteiger partial charge in [-0.2, -0.15) is 0 Å². The summed E-state index contributed by atoms with van der Waals surface area (Å²) in [5, 5.41) is 21.3. The Kier molecular flexibility index (Phi) is 2.90. The SMILES string of the molecule is C[C@]12C=CC(=O)C=C1C=C[C@@H]1[C@@H]2C(O)C[C@]2(C)C(O)CC[C@@H]12. The highest BCUT2D eigenvalue weighted by atomic mass is 16.3. The molecule has 2 saturated carbocycles. The zero-order chi connectivity index (χ0) is 15.7. The highest BCUT2D eigenvalue weighted by molar-refractivity contribution is 6.01. The second-order valence-electron chi connectivity index (χ2n) is 8.06. The number of fused-ring (bicyclic) bond motifs is 5. The fourth-order valence-electron chi connectivity index (χ4n) is 5.76. The number of aliphatic hydroxyl groups is 2. The van der Waals surface area contributed by atoms with Crippen LogP contribution in [-0.2, 0) is 4.79 Å². The van der Waals surface area contributed by atoms with Crippen molar-refractivity contribution in [1.82, 2.24) is 0 Å². The summed E-state index contributed by atoms with van der Waals surface area (Å²) in [7, 11) is 0. The maximum absolute atomic E-state index is 11.7. The highest BCUT2D eigenvalue weighted by Crippen LogP contribution is 2.62. The first kappa shape index (κ1) is 14.4.